The minimum Gasteiger partial charge on any atom is -0.465 e. The predicted octanol–water partition coefficient (Wildman–Crippen LogP) is 5.39. The van der Waals surface area contributed by atoms with Crippen LogP contribution < -0.4 is 20.7 Å². The Morgan fingerprint density at radius 3 is 2.79 bits per heavy atom. The molecule has 3 aromatic heterocycles. The summed E-state index contributed by atoms with van der Waals surface area (Å²) in [4.78, 5) is 32.1. The van der Waals surface area contributed by atoms with Gasteiger partial charge in [0.2, 0.25) is 5.91 Å². The third-order valence-corrected chi connectivity index (χ3v) is 7.01. The van der Waals surface area contributed by atoms with Crippen molar-refractivity contribution in [2.45, 2.75) is 25.9 Å². The molecule has 200 valence electrons. The van der Waals surface area contributed by atoms with Crippen LogP contribution in [0.2, 0.25) is 5.02 Å². The van der Waals surface area contributed by atoms with Gasteiger partial charge in [-0.25, -0.2) is 14.8 Å². The highest BCUT2D eigenvalue weighted by Gasteiger charge is 2.29. The summed E-state index contributed by atoms with van der Waals surface area (Å²) in [5, 5.41) is 18.5. The number of nitrogens with zero attached hydrogens (tertiary/aromatic N) is 4. The van der Waals surface area contributed by atoms with E-state index in [1.54, 1.807) is 18.3 Å². The zero-order chi connectivity index (χ0) is 27.6. The monoisotopic (exact) mass is 565 g/mol. The van der Waals surface area contributed by atoms with Gasteiger partial charge in [0.05, 0.1) is 26.8 Å². The number of nitrogens with one attached hydrogen (secondary N) is 3. The van der Waals surface area contributed by atoms with Gasteiger partial charge >= 0.3 is 6.09 Å². The van der Waals surface area contributed by atoms with Crippen LogP contribution in [0.5, 0.6) is 11.5 Å². The summed E-state index contributed by atoms with van der Waals surface area (Å²) in [6.07, 6.45) is 3.82. The molecule has 11 nitrogen and oxygen atoms in total. The number of fused-ring (bicyclic) bond motifs is 2. The smallest absolute Gasteiger partial charge is 0.405 e. The zero-order valence-corrected chi connectivity index (χ0v) is 22.5. The lowest BCUT2D eigenvalue weighted by molar-refractivity contribution is -0.126. The average molecular weight is 566 g/mol. The number of halogens is 1. The Bertz CT molecular complexity index is 1680. The number of anilines is 2. The van der Waals surface area contributed by atoms with Crippen LogP contribution in [-0.4, -0.2) is 48.1 Å². The second-order valence-electron chi connectivity index (χ2n) is 9.14. The number of benzene rings is 2. The van der Waals surface area contributed by atoms with Gasteiger partial charge in [0.15, 0.2) is 5.82 Å². The van der Waals surface area contributed by atoms with E-state index in [0.717, 1.165) is 21.1 Å². The highest BCUT2D eigenvalue weighted by Crippen LogP contribution is 2.36. The summed E-state index contributed by atoms with van der Waals surface area (Å²) in [5.74, 6) is 1.31. The minimum atomic E-state index is -1.27. The zero-order valence-electron chi connectivity index (χ0n) is 20.9. The van der Waals surface area contributed by atoms with Gasteiger partial charge in [-0.15, -0.1) is 0 Å². The van der Waals surface area contributed by atoms with Crippen LogP contribution in [0.1, 0.15) is 13.8 Å². The van der Waals surface area contributed by atoms with Gasteiger partial charge in [0.25, 0.3) is 0 Å². The number of carbonyl (C=O) groups is 2. The standard InChI is InChI=1S/C26H24ClN7O4S/c1-26(2,33-25(36)37)24(35)28-9-11-34-10-8-18-22(34)23(30-14-29-18)32-15-6-7-20(17(27)12-15)38-19-4-3-5-21-16(19)13-31-39-21/h3-8,10,12-14,33H,9,11H2,1-2H3,(H,28,35)(H,36,37)(H,29,30,32). The molecule has 2 amide bonds. The van der Waals surface area contributed by atoms with Crippen LogP contribution in [0.25, 0.3) is 21.1 Å². The topological polar surface area (TPSA) is 143 Å². The number of hydrogen-bond acceptors (Lipinski definition) is 8. The fourth-order valence-electron chi connectivity index (χ4n) is 4.02. The van der Waals surface area contributed by atoms with Crippen LogP contribution in [0, 0.1) is 0 Å². The highest BCUT2D eigenvalue weighted by atomic mass is 35.5. The van der Waals surface area contributed by atoms with E-state index in [1.807, 2.05) is 41.1 Å². The number of aromatic nitrogens is 4. The first-order valence-electron chi connectivity index (χ1n) is 11.9. The number of ether oxygens (including phenoxy) is 1. The fraction of sp³-hybridized carbons (Fsp3) is 0.192. The summed E-state index contributed by atoms with van der Waals surface area (Å²) in [5.41, 5.74) is 0.895. The minimum absolute atomic E-state index is 0.270. The molecule has 5 rings (SSSR count). The van der Waals surface area contributed by atoms with Crippen molar-refractivity contribution < 1.29 is 19.4 Å². The van der Waals surface area contributed by atoms with E-state index in [9.17, 15) is 9.59 Å². The molecule has 0 saturated carbocycles. The lowest BCUT2D eigenvalue weighted by Crippen LogP contribution is -2.54. The van der Waals surface area contributed by atoms with Crippen LogP contribution in [-0.2, 0) is 11.3 Å². The molecule has 0 radical (unpaired) electrons. The average Bonchev–Trinajstić information content (AvgIpc) is 3.53. The van der Waals surface area contributed by atoms with Gasteiger partial charge in [-0.3, -0.25) is 4.79 Å². The van der Waals surface area contributed by atoms with Crippen molar-refractivity contribution >= 4 is 67.8 Å². The second kappa shape index (κ2) is 10.8. The predicted molar refractivity (Wildman–Crippen MR) is 150 cm³/mol. The Balaban J connectivity index is 1.30. The van der Waals surface area contributed by atoms with Gasteiger partial charge in [-0.05, 0) is 61.8 Å². The van der Waals surface area contributed by atoms with Gasteiger partial charge in [-0.2, -0.15) is 4.37 Å². The van der Waals surface area contributed by atoms with E-state index >= 15 is 0 Å². The molecule has 0 saturated heterocycles. The number of rotatable bonds is 9. The molecule has 0 fully saturated rings. The molecular weight excluding hydrogens is 542 g/mol. The molecule has 2 aromatic carbocycles. The molecule has 3 heterocycles. The van der Waals surface area contributed by atoms with Crippen molar-refractivity contribution in [2.75, 3.05) is 11.9 Å². The molecule has 0 atom stereocenters. The maximum absolute atomic E-state index is 12.4. The lowest BCUT2D eigenvalue weighted by atomic mass is 10.1. The van der Waals surface area contributed by atoms with E-state index in [2.05, 4.69) is 30.3 Å². The summed E-state index contributed by atoms with van der Waals surface area (Å²) < 4.78 is 13.2. The molecular formula is C26H24ClN7O4S. The van der Waals surface area contributed by atoms with Crippen molar-refractivity contribution in [1.82, 2.24) is 29.5 Å². The Labute approximate surface area is 232 Å². The van der Waals surface area contributed by atoms with Crippen LogP contribution in [0.3, 0.4) is 0 Å². The Hall–Kier alpha value is -4.42. The van der Waals surface area contributed by atoms with Crippen molar-refractivity contribution in [1.29, 1.82) is 0 Å². The van der Waals surface area contributed by atoms with Gasteiger partial charge < -0.3 is 30.4 Å². The second-order valence-corrected chi connectivity index (χ2v) is 10.4. The van der Waals surface area contributed by atoms with Gasteiger partial charge in [0.1, 0.15) is 28.9 Å². The summed E-state index contributed by atoms with van der Waals surface area (Å²) in [6.45, 7) is 3.68. The molecule has 5 aromatic rings. The van der Waals surface area contributed by atoms with Gasteiger partial charge in [-0.1, -0.05) is 17.7 Å². The Kier molecular flexibility index (Phi) is 7.22. The van der Waals surface area contributed by atoms with Crippen molar-refractivity contribution in [3.05, 3.63) is 66.2 Å². The first kappa shape index (κ1) is 26.2. The van der Waals surface area contributed by atoms with Crippen LogP contribution >= 0.6 is 23.1 Å². The van der Waals surface area contributed by atoms with Crippen LogP contribution in [0.15, 0.2) is 61.2 Å². The lowest BCUT2D eigenvalue weighted by Gasteiger charge is -2.23. The number of carboxylic acid groups (broad SMARTS) is 1. The van der Waals surface area contributed by atoms with Crippen LogP contribution in [0.4, 0.5) is 16.3 Å². The molecule has 39 heavy (non-hydrogen) atoms. The fourth-order valence-corrected chi connectivity index (χ4v) is 4.90. The van der Waals surface area contributed by atoms with E-state index in [-0.39, 0.29) is 6.54 Å². The third kappa shape index (κ3) is 5.71. The number of hydrogen-bond donors (Lipinski definition) is 4. The third-order valence-electron chi connectivity index (χ3n) is 5.95. The van der Waals surface area contributed by atoms with Crippen molar-refractivity contribution in [3.63, 3.8) is 0 Å². The summed E-state index contributed by atoms with van der Waals surface area (Å²) >= 11 is 7.97. The summed E-state index contributed by atoms with van der Waals surface area (Å²) in [6, 6.07) is 13.0. The Morgan fingerprint density at radius 2 is 2.00 bits per heavy atom. The first-order chi connectivity index (χ1) is 18.7. The maximum atomic E-state index is 12.4. The number of carbonyl (C=O) groups excluding carboxylic acids is 1. The number of amides is 2. The molecule has 0 aliphatic rings. The van der Waals surface area contributed by atoms with E-state index in [0.29, 0.717) is 34.6 Å². The molecule has 0 aliphatic carbocycles. The van der Waals surface area contributed by atoms with Gasteiger partial charge in [0, 0.05) is 25.0 Å². The summed E-state index contributed by atoms with van der Waals surface area (Å²) in [7, 11) is 0. The molecule has 4 N–H and O–H groups in total. The SMILES string of the molecule is CC(C)(NC(=O)O)C(=O)NCCn1ccc2ncnc(Nc3ccc(Oc4cccc5sncc45)c(Cl)c3)c21. The molecule has 0 unspecified atom stereocenters. The highest BCUT2D eigenvalue weighted by molar-refractivity contribution is 7.13. The molecule has 0 aliphatic heterocycles. The first-order valence-corrected chi connectivity index (χ1v) is 13.0. The Morgan fingerprint density at radius 1 is 1.15 bits per heavy atom. The maximum Gasteiger partial charge on any atom is 0.405 e. The molecule has 13 heteroatoms. The van der Waals surface area contributed by atoms with Crippen molar-refractivity contribution in [3.8, 4) is 11.5 Å². The largest absolute Gasteiger partial charge is 0.465 e. The quantitative estimate of drug-likeness (QED) is 0.186. The van der Waals surface area contributed by atoms with Crippen molar-refractivity contribution in [2.24, 2.45) is 0 Å². The normalized spacial score (nSPS) is 11.5. The molecule has 0 spiro atoms. The molecule has 0 bridgehead atoms. The van der Waals surface area contributed by atoms with E-state index in [1.165, 1.54) is 31.7 Å². The van der Waals surface area contributed by atoms with E-state index in [4.69, 9.17) is 21.4 Å². The van der Waals surface area contributed by atoms with E-state index < -0.39 is 17.5 Å².